The Balaban J connectivity index is 3.63. The maximum absolute atomic E-state index is 10.6. The molecule has 0 aliphatic carbocycles. The molecule has 52 valence electrons. The van der Waals surface area contributed by atoms with E-state index in [-0.39, 0.29) is 11.7 Å². The summed E-state index contributed by atoms with van der Waals surface area (Å²) in [6, 6.07) is 0. The molecule has 0 amide bonds. The summed E-state index contributed by atoms with van der Waals surface area (Å²) in [5.41, 5.74) is 1.08. The SMILES string of the molecule is C=C(C)C[C@H](C)C(C)=O. The highest BCUT2D eigenvalue weighted by Gasteiger charge is 2.05. The first-order valence-corrected chi connectivity index (χ1v) is 3.19. The predicted octanol–water partition coefficient (Wildman–Crippen LogP) is 2.18. The van der Waals surface area contributed by atoms with Gasteiger partial charge in [0.05, 0.1) is 0 Å². The van der Waals surface area contributed by atoms with Crippen molar-refractivity contribution < 1.29 is 4.79 Å². The molecule has 0 radical (unpaired) electrons. The van der Waals surface area contributed by atoms with E-state index in [1.54, 1.807) is 6.92 Å². The second-order valence-corrected chi connectivity index (χ2v) is 2.67. The summed E-state index contributed by atoms with van der Waals surface area (Å²) in [5.74, 6) is 0.403. The zero-order valence-corrected chi connectivity index (χ0v) is 6.40. The number of hydrogen-bond acceptors (Lipinski definition) is 1. The molecule has 0 bridgehead atoms. The van der Waals surface area contributed by atoms with E-state index in [0.717, 1.165) is 12.0 Å². The average molecular weight is 126 g/mol. The van der Waals surface area contributed by atoms with Crippen molar-refractivity contribution in [2.75, 3.05) is 0 Å². The molecule has 0 aromatic heterocycles. The van der Waals surface area contributed by atoms with Crippen molar-refractivity contribution in [3.8, 4) is 0 Å². The molecule has 0 spiro atoms. The Bertz CT molecular complexity index is 125. The third-order valence-electron chi connectivity index (χ3n) is 1.35. The van der Waals surface area contributed by atoms with Crippen LogP contribution in [0, 0.1) is 5.92 Å². The van der Waals surface area contributed by atoms with Crippen molar-refractivity contribution in [3.63, 3.8) is 0 Å². The minimum atomic E-state index is 0.155. The molecule has 0 saturated heterocycles. The molecule has 0 aliphatic rings. The number of rotatable bonds is 3. The maximum Gasteiger partial charge on any atom is 0.132 e. The van der Waals surface area contributed by atoms with E-state index in [1.807, 2.05) is 13.8 Å². The van der Waals surface area contributed by atoms with E-state index in [0.29, 0.717) is 0 Å². The molecule has 0 aliphatic heterocycles. The quantitative estimate of drug-likeness (QED) is 0.530. The topological polar surface area (TPSA) is 17.1 Å². The molecule has 0 saturated carbocycles. The molecular formula is C8H14O. The fraction of sp³-hybridized carbons (Fsp3) is 0.625. The van der Waals surface area contributed by atoms with Crippen molar-refractivity contribution in [3.05, 3.63) is 12.2 Å². The fourth-order valence-electron chi connectivity index (χ4n) is 0.666. The van der Waals surface area contributed by atoms with Crippen LogP contribution in [0.4, 0.5) is 0 Å². The lowest BCUT2D eigenvalue weighted by atomic mass is 10.00. The van der Waals surface area contributed by atoms with Crippen LogP contribution in [0.25, 0.3) is 0 Å². The molecule has 0 unspecified atom stereocenters. The normalized spacial score (nSPS) is 12.8. The van der Waals surface area contributed by atoms with Crippen molar-refractivity contribution in [1.82, 2.24) is 0 Å². The van der Waals surface area contributed by atoms with Crippen molar-refractivity contribution >= 4 is 5.78 Å². The third-order valence-corrected chi connectivity index (χ3v) is 1.35. The first kappa shape index (κ1) is 8.41. The van der Waals surface area contributed by atoms with Gasteiger partial charge in [-0.05, 0) is 20.3 Å². The first-order chi connectivity index (χ1) is 4.04. The molecular weight excluding hydrogens is 112 g/mol. The summed E-state index contributed by atoms with van der Waals surface area (Å²) < 4.78 is 0. The summed E-state index contributed by atoms with van der Waals surface area (Å²) in [5, 5.41) is 0. The molecule has 0 N–H and O–H groups in total. The molecule has 0 rings (SSSR count). The fourth-order valence-corrected chi connectivity index (χ4v) is 0.666. The van der Waals surface area contributed by atoms with E-state index in [1.165, 1.54) is 0 Å². The number of Topliss-reactive ketones (excluding diaryl/α,β-unsaturated/α-hetero) is 1. The lowest BCUT2D eigenvalue weighted by molar-refractivity contribution is -0.120. The Morgan fingerprint density at radius 3 is 2.11 bits per heavy atom. The minimum absolute atomic E-state index is 0.155. The zero-order chi connectivity index (χ0) is 7.44. The lowest BCUT2D eigenvalue weighted by Gasteiger charge is -2.04. The first-order valence-electron chi connectivity index (χ1n) is 3.19. The molecule has 0 heterocycles. The van der Waals surface area contributed by atoms with Gasteiger partial charge in [0.2, 0.25) is 0 Å². The van der Waals surface area contributed by atoms with Crippen LogP contribution in [0.15, 0.2) is 12.2 Å². The van der Waals surface area contributed by atoms with Crippen molar-refractivity contribution in [2.45, 2.75) is 27.2 Å². The molecule has 1 nitrogen and oxygen atoms in total. The van der Waals surface area contributed by atoms with Gasteiger partial charge in [0.25, 0.3) is 0 Å². The van der Waals surface area contributed by atoms with E-state index in [2.05, 4.69) is 6.58 Å². The number of carbonyl (C=O) groups excluding carboxylic acids is 1. The van der Waals surface area contributed by atoms with E-state index >= 15 is 0 Å². The molecule has 0 aromatic rings. The summed E-state index contributed by atoms with van der Waals surface area (Å²) in [4.78, 5) is 10.6. The molecule has 0 fully saturated rings. The summed E-state index contributed by atoms with van der Waals surface area (Å²) >= 11 is 0. The van der Waals surface area contributed by atoms with Gasteiger partial charge in [0, 0.05) is 5.92 Å². The van der Waals surface area contributed by atoms with Crippen LogP contribution in [-0.2, 0) is 4.79 Å². The van der Waals surface area contributed by atoms with Crippen LogP contribution in [0.1, 0.15) is 27.2 Å². The van der Waals surface area contributed by atoms with Gasteiger partial charge in [-0.25, -0.2) is 0 Å². The monoisotopic (exact) mass is 126 g/mol. The second-order valence-electron chi connectivity index (χ2n) is 2.67. The van der Waals surface area contributed by atoms with Gasteiger partial charge in [-0.2, -0.15) is 0 Å². The van der Waals surface area contributed by atoms with Crippen LogP contribution in [-0.4, -0.2) is 5.78 Å². The van der Waals surface area contributed by atoms with Crippen LogP contribution in [0.3, 0.4) is 0 Å². The number of carbonyl (C=O) groups is 1. The maximum atomic E-state index is 10.6. The molecule has 9 heavy (non-hydrogen) atoms. The molecule has 1 heteroatoms. The Morgan fingerprint density at radius 2 is 2.00 bits per heavy atom. The largest absolute Gasteiger partial charge is 0.300 e. The van der Waals surface area contributed by atoms with Crippen molar-refractivity contribution in [2.24, 2.45) is 5.92 Å². The number of allylic oxidation sites excluding steroid dienone is 1. The van der Waals surface area contributed by atoms with Gasteiger partial charge < -0.3 is 0 Å². The van der Waals surface area contributed by atoms with Crippen LogP contribution >= 0.6 is 0 Å². The Morgan fingerprint density at radius 1 is 1.56 bits per heavy atom. The van der Waals surface area contributed by atoms with Crippen LogP contribution < -0.4 is 0 Å². The highest BCUT2D eigenvalue weighted by molar-refractivity contribution is 5.78. The van der Waals surface area contributed by atoms with Gasteiger partial charge in [0.1, 0.15) is 5.78 Å². The van der Waals surface area contributed by atoms with Gasteiger partial charge in [-0.1, -0.05) is 12.5 Å². The van der Waals surface area contributed by atoms with Gasteiger partial charge in [-0.3, -0.25) is 4.79 Å². The zero-order valence-electron chi connectivity index (χ0n) is 6.40. The summed E-state index contributed by atoms with van der Waals surface area (Å²) in [6.07, 6.45) is 0.829. The Kier molecular flexibility index (Phi) is 3.21. The van der Waals surface area contributed by atoms with E-state index in [9.17, 15) is 4.79 Å². The van der Waals surface area contributed by atoms with Crippen molar-refractivity contribution in [1.29, 1.82) is 0 Å². The summed E-state index contributed by atoms with van der Waals surface area (Å²) in [6.45, 7) is 9.22. The summed E-state index contributed by atoms with van der Waals surface area (Å²) in [7, 11) is 0. The van der Waals surface area contributed by atoms with E-state index in [4.69, 9.17) is 0 Å². The number of hydrogen-bond donors (Lipinski definition) is 0. The van der Waals surface area contributed by atoms with Gasteiger partial charge >= 0.3 is 0 Å². The van der Waals surface area contributed by atoms with Gasteiger partial charge in [-0.15, -0.1) is 6.58 Å². The average Bonchev–Trinajstić information content (AvgIpc) is 1.63. The highest BCUT2D eigenvalue weighted by Crippen LogP contribution is 2.08. The Labute approximate surface area is 56.8 Å². The molecule has 1 atom stereocenters. The third kappa shape index (κ3) is 3.95. The standard InChI is InChI=1S/C8H14O/c1-6(2)5-7(3)8(4)9/h7H,1,5H2,2-4H3/t7-/m0/s1. The smallest absolute Gasteiger partial charge is 0.132 e. The number of ketones is 1. The lowest BCUT2D eigenvalue weighted by Crippen LogP contribution is -2.05. The highest BCUT2D eigenvalue weighted by atomic mass is 16.1. The van der Waals surface area contributed by atoms with E-state index < -0.39 is 0 Å². The van der Waals surface area contributed by atoms with Crippen LogP contribution in [0.5, 0.6) is 0 Å². The molecule has 0 aromatic carbocycles. The Hall–Kier alpha value is -0.590. The minimum Gasteiger partial charge on any atom is -0.300 e. The second kappa shape index (κ2) is 3.44. The van der Waals surface area contributed by atoms with Gasteiger partial charge in [0.15, 0.2) is 0 Å². The van der Waals surface area contributed by atoms with Crippen LogP contribution in [0.2, 0.25) is 0 Å². The predicted molar refractivity (Wildman–Crippen MR) is 39.3 cm³/mol.